The van der Waals surface area contributed by atoms with Crippen molar-refractivity contribution in [3.63, 3.8) is 0 Å². The highest BCUT2D eigenvalue weighted by Gasteiger charge is 2.34. The second kappa shape index (κ2) is 8.36. The van der Waals surface area contributed by atoms with Crippen LogP contribution in [-0.2, 0) is 11.2 Å². The third-order valence-electron chi connectivity index (χ3n) is 5.51. The van der Waals surface area contributed by atoms with Crippen molar-refractivity contribution < 1.29 is 4.79 Å². The van der Waals surface area contributed by atoms with Gasteiger partial charge < -0.3 is 15.6 Å². The molecular formula is C22H24Cl2N4O. The maximum Gasteiger partial charge on any atom is 0.237 e. The number of para-hydroxylation sites is 1. The summed E-state index contributed by atoms with van der Waals surface area (Å²) in [4.78, 5) is 16.4. The van der Waals surface area contributed by atoms with Gasteiger partial charge >= 0.3 is 0 Å². The molecule has 4 N–H and O–H groups in total. The molecule has 1 aliphatic heterocycles. The lowest BCUT2D eigenvalue weighted by Crippen LogP contribution is -2.50. The van der Waals surface area contributed by atoms with Gasteiger partial charge in [0.1, 0.15) is 0 Å². The Balaban J connectivity index is 1.79. The maximum atomic E-state index is 12.9. The average molecular weight is 431 g/mol. The van der Waals surface area contributed by atoms with E-state index in [9.17, 15) is 4.79 Å². The lowest BCUT2D eigenvalue weighted by Gasteiger charge is -2.31. The van der Waals surface area contributed by atoms with Crippen molar-refractivity contribution in [2.75, 3.05) is 20.1 Å². The van der Waals surface area contributed by atoms with E-state index in [1.807, 2.05) is 19.2 Å². The molecule has 1 amide bonds. The van der Waals surface area contributed by atoms with E-state index in [4.69, 9.17) is 23.2 Å². The molecular weight excluding hydrogens is 407 g/mol. The predicted octanol–water partition coefficient (Wildman–Crippen LogP) is 3.72. The van der Waals surface area contributed by atoms with Crippen LogP contribution in [0, 0.1) is 6.92 Å². The van der Waals surface area contributed by atoms with Crippen molar-refractivity contribution >= 4 is 40.0 Å². The van der Waals surface area contributed by atoms with Gasteiger partial charge in [0.25, 0.3) is 0 Å². The SMILES string of the molecule is CNCCNC(=O)[C@@H]1Cc2c([nH]c3c(C)cccc23)[C@@H](c2ccc(Cl)cc2Cl)N1. The molecule has 3 aromatic rings. The molecule has 152 valence electrons. The minimum Gasteiger partial charge on any atom is -0.356 e. The van der Waals surface area contributed by atoms with E-state index in [2.05, 4.69) is 46.1 Å². The number of likely N-dealkylation sites (N-methyl/N-ethyl adjacent to an activating group) is 1. The third kappa shape index (κ3) is 3.88. The van der Waals surface area contributed by atoms with Crippen LogP contribution in [0.5, 0.6) is 0 Å². The Hall–Kier alpha value is -2.05. The van der Waals surface area contributed by atoms with E-state index in [0.29, 0.717) is 23.0 Å². The van der Waals surface area contributed by atoms with Gasteiger partial charge in [0.15, 0.2) is 0 Å². The molecule has 0 radical (unpaired) electrons. The highest BCUT2D eigenvalue weighted by molar-refractivity contribution is 6.35. The lowest BCUT2D eigenvalue weighted by molar-refractivity contribution is -0.123. The molecule has 0 spiro atoms. The van der Waals surface area contributed by atoms with Crippen LogP contribution in [0.15, 0.2) is 36.4 Å². The van der Waals surface area contributed by atoms with E-state index in [-0.39, 0.29) is 18.0 Å². The van der Waals surface area contributed by atoms with Crippen molar-refractivity contribution in [2.45, 2.75) is 25.4 Å². The largest absolute Gasteiger partial charge is 0.356 e. The van der Waals surface area contributed by atoms with Crippen LogP contribution in [0.4, 0.5) is 0 Å². The molecule has 0 aliphatic carbocycles. The van der Waals surface area contributed by atoms with Crippen LogP contribution < -0.4 is 16.0 Å². The summed E-state index contributed by atoms with van der Waals surface area (Å²) < 4.78 is 0. The molecule has 7 heteroatoms. The fraction of sp³-hybridized carbons (Fsp3) is 0.318. The number of aromatic nitrogens is 1. The van der Waals surface area contributed by atoms with E-state index in [1.165, 1.54) is 5.56 Å². The number of amides is 1. The molecule has 2 aromatic carbocycles. The minimum absolute atomic E-state index is 0.0111. The standard InChI is InChI=1S/C22H24Cl2N4O/c1-12-4-3-5-14-16-11-18(22(29)26-9-8-25-2)27-20(21(16)28-19(12)14)15-7-6-13(23)10-17(15)24/h3-7,10,18,20,25,27-28H,8-9,11H2,1-2H3,(H,26,29)/t18-,20+/m0/s1. The zero-order valence-electron chi connectivity index (χ0n) is 16.4. The number of halogens is 2. The first-order valence-corrected chi connectivity index (χ1v) is 10.5. The van der Waals surface area contributed by atoms with Crippen LogP contribution in [-0.4, -0.2) is 37.1 Å². The second-order valence-electron chi connectivity index (χ2n) is 7.43. The summed E-state index contributed by atoms with van der Waals surface area (Å²) in [6.45, 7) is 3.39. The summed E-state index contributed by atoms with van der Waals surface area (Å²) in [6.07, 6.45) is 0.617. The molecule has 2 atom stereocenters. The van der Waals surface area contributed by atoms with Gasteiger partial charge in [-0.05, 0) is 49.2 Å². The van der Waals surface area contributed by atoms with E-state index >= 15 is 0 Å². The number of aromatic amines is 1. The molecule has 4 rings (SSSR count). The number of hydrogen-bond acceptors (Lipinski definition) is 3. The Morgan fingerprint density at radius 1 is 1.21 bits per heavy atom. The normalized spacial score (nSPS) is 18.6. The number of carbonyl (C=O) groups is 1. The highest BCUT2D eigenvalue weighted by atomic mass is 35.5. The number of aryl methyl sites for hydroxylation is 1. The first kappa shape index (κ1) is 20.2. The minimum atomic E-state index is -0.351. The zero-order chi connectivity index (χ0) is 20.5. The van der Waals surface area contributed by atoms with Crippen LogP contribution in [0.3, 0.4) is 0 Å². The van der Waals surface area contributed by atoms with E-state index < -0.39 is 0 Å². The molecule has 0 bridgehead atoms. The van der Waals surface area contributed by atoms with Gasteiger partial charge in [-0.1, -0.05) is 47.5 Å². The summed E-state index contributed by atoms with van der Waals surface area (Å²) in [5, 5.41) is 11.9. The molecule has 0 unspecified atom stereocenters. The van der Waals surface area contributed by atoms with Crippen LogP contribution in [0.2, 0.25) is 10.0 Å². The topological polar surface area (TPSA) is 68.9 Å². The first-order valence-electron chi connectivity index (χ1n) is 9.73. The Kier molecular flexibility index (Phi) is 5.83. The van der Waals surface area contributed by atoms with Crippen molar-refractivity contribution in [3.05, 3.63) is 68.8 Å². The molecule has 2 heterocycles. The molecule has 0 fully saturated rings. The van der Waals surface area contributed by atoms with Crippen LogP contribution in [0.25, 0.3) is 10.9 Å². The van der Waals surface area contributed by atoms with E-state index in [0.717, 1.165) is 34.3 Å². The van der Waals surface area contributed by atoms with Gasteiger partial charge in [-0.3, -0.25) is 10.1 Å². The number of carbonyl (C=O) groups excluding carboxylic acids is 1. The number of rotatable bonds is 5. The summed E-state index contributed by atoms with van der Waals surface area (Å²) >= 11 is 12.7. The molecule has 0 saturated heterocycles. The van der Waals surface area contributed by atoms with Crippen molar-refractivity contribution in [1.82, 2.24) is 20.9 Å². The molecule has 29 heavy (non-hydrogen) atoms. The maximum absolute atomic E-state index is 12.9. The number of fused-ring (bicyclic) bond motifs is 3. The van der Waals surface area contributed by atoms with E-state index in [1.54, 1.807) is 6.07 Å². The van der Waals surface area contributed by atoms with Gasteiger partial charge in [-0.2, -0.15) is 0 Å². The molecule has 0 saturated carbocycles. The highest BCUT2D eigenvalue weighted by Crippen LogP contribution is 2.38. The smallest absolute Gasteiger partial charge is 0.237 e. The van der Waals surface area contributed by atoms with Crippen molar-refractivity contribution in [1.29, 1.82) is 0 Å². The Morgan fingerprint density at radius 3 is 2.79 bits per heavy atom. The third-order valence-corrected chi connectivity index (χ3v) is 6.07. The summed E-state index contributed by atoms with van der Waals surface area (Å²) in [7, 11) is 1.87. The van der Waals surface area contributed by atoms with Crippen molar-refractivity contribution in [2.24, 2.45) is 0 Å². The zero-order valence-corrected chi connectivity index (χ0v) is 17.9. The number of H-pyrrole nitrogens is 1. The number of nitrogens with one attached hydrogen (secondary N) is 4. The Bertz CT molecular complexity index is 1060. The average Bonchev–Trinajstić information content (AvgIpc) is 3.08. The molecule has 1 aromatic heterocycles. The predicted molar refractivity (Wildman–Crippen MR) is 119 cm³/mol. The lowest BCUT2D eigenvalue weighted by atomic mass is 9.89. The molecule has 1 aliphatic rings. The fourth-order valence-electron chi connectivity index (χ4n) is 4.04. The van der Waals surface area contributed by atoms with Crippen LogP contribution >= 0.6 is 23.2 Å². The first-order chi connectivity index (χ1) is 14.0. The second-order valence-corrected chi connectivity index (χ2v) is 8.28. The summed E-state index contributed by atoms with van der Waals surface area (Å²) in [5.41, 5.74) is 5.39. The number of hydrogen-bond donors (Lipinski definition) is 4. The molecule has 5 nitrogen and oxygen atoms in total. The quantitative estimate of drug-likeness (QED) is 0.466. The monoisotopic (exact) mass is 430 g/mol. The fourth-order valence-corrected chi connectivity index (χ4v) is 4.56. The van der Waals surface area contributed by atoms with Gasteiger partial charge in [0.05, 0.1) is 12.1 Å². The number of benzene rings is 2. The Labute approximate surface area is 180 Å². The Morgan fingerprint density at radius 2 is 2.03 bits per heavy atom. The van der Waals surface area contributed by atoms with Gasteiger partial charge in [-0.25, -0.2) is 0 Å². The summed E-state index contributed by atoms with van der Waals surface area (Å²) in [5.74, 6) is -0.0111. The van der Waals surface area contributed by atoms with Crippen LogP contribution in [0.1, 0.15) is 28.4 Å². The van der Waals surface area contributed by atoms with Gasteiger partial charge in [-0.15, -0.1) is 0 Å². The summed E-state index contributed by atoms with van der Waals surface area (Å²) in [6, 6.07) is 11.2. The van der Waals surface area contributed by atoms with Gasteiger partial charge in [0.2, 0.25) is 5.91 Å². The van der Waals surface area contributed by atoms with Crippen molar-refractivity contribution in [3.8, 4) is 0 Å². The van der Waals surface area contributed by atoms with Gasteiger partial charge in [0, 0.05) is 39.7 Å².